The molecule has 0 bridgehead atoms. The van der Waals surface area contributed by atoms with Gasteiger partial charge in [0.1, 0.15) is 5.75 Å². The average molecular weight is 254 g/mol. The zero-order valence-electron chi connectivity index (χ0n) is 10.6. The first-order valence-electron chi connectivity index (χ1n) is 6.14. The maximum absolute atomic E-state index is 11.7. The SMILES string of the molecule is [CH2]c1ccc(NC(=O)CCOc2ccccc2)cc1. The van der Waals surface area contributed by atoms with E-state index in [4.69, 9.17) is 4.74 Å². The molecule has 2 aromatic carbocycles. The van der Waals surface area contributed by atoms with Crippen molar-refractivity contribution in [2.75, 3.05) is 11.9 Å². The van der Waals surface area contributed by atoms with Crippen LogP contribution in [0.4, 0.5) is 5.69 Å². The molecule has 2 aromatic rings. The summed E-state index contributed by atoms with van der Waals surface area (Å²) in [4.78, 5) is 11.7. The number of para-hydroxylation sites is 1. The molecule has 1 amide bonds. The molecule has 3 nitrogen and oxygen atoms in total. The van der Waals surface area contributed by atoms with Crippen LogP contribution in [0.15, 0.2) is 54.6 Å². The third kappa shape index (κ3) is 4.47. The Bertz CT molecular complexity index is 520. The molecule has 97 valence electrons. The fourth-order valence-corrected chi connectivity index (χ4v) is 1.59. The monoisotopic (exact) mass is 254 g/mol. The topological polar surface area (TPSA) is 38.3 Å². The minimum Gasteiger partial charge on any atom is -0.493 e. The van der Waals surface area contributed by atoms with Crippen LogP contribution in [-0.2, 0) is 4.79 Å². The summed E-state index contributed by atoms with van der Waals surface area (Å²) in [6, 6.07) is 16.8. The molecular weight excluding hydrogens is 238 g/mol. The fourth-order valence-electron chi connectivity index (χ4n) is 1.59. The molecule has 0 aliphatic rings. The molecule has 0 aliphatic heterocycles. The van der Waals surface area contributed by atoms with E-state index in [0.717, 1.165) is 17.0 Å². The average Bonchev–Trinajstić information content (AvgIpc) is 2.43. The van der Waals surface area contributed by atoms with Crippen LogP contribution >= 0.6 is 0 Å². The van der Waals surface area contributed by atoms with Gasteiger partial charge in [0.15, 0.2) is 0 Å². The van der Waals surface area contributed by atoms with Crippen LogP contribution in [-0.4, -0.2) is 12.5 Å². The van der Waals surface area contributed by atoms with E-state index in [9.17, 15) is 4.79 Å². The Morgan fingerprint density at radius 3 is 2.42 bits per heavy atom. The van der Waals surface area contributed by atoms with Crippen molar-refractivity contribution in [2.45, 2.75) is 6.42 Å². The van der Waals surface area contributed by atoms with Crippen molar-refractivity contribution in [3.8, 4) is 5.75 Å². The predicted molar refractivity (Wildman–Crippen MR) is 76.1 cm³/mol. The normalized spacial score (nSPS) is 9.95. The molecular formula is C16H16NO2. The van der Waals surface area contributed by atoms with Crippen molar-refractivity contribution in [1.82, 2.24) is 0 Å². The van der Waals surface area contributed by atoms with E-state index < -0.39 is 0 Å². The van der Waals surface area contributed by atoms with Crippen molar-refractivity contribution in [1.29, 1.82) is 0 Å². The Morgan fingerprint density at radius 2 is 1.74 bits per heavy atom. The first-order chi connectivity index (χ1) is 9.24. The number of hydrogen-bond donors (Lipinski definition) is 1. The van der Waals surface area contributed by atoms with Gasteiger partial charge in [0.05, 0.1) is 13.0 Å². The second-order valence-corrected chi connectivity index (χ2v) is 4.16. The molecule has 19 heavy (non-hydrogen) atoms. The Balaban J connectivity index is 1.74. The number of hydrogen-bond acceptors (Lipinski definition) is 2. The molecule has 0 aliphatic carbocycles. The van der Waals surface area contributed by atoms with Gasteiger partial charge in [-0.05, 0) is 36.8 Å². The highest BCUT2D eigenvalue weighted by atomic mass is 16.5. The van der Waals surface area contributed by atoms with Crippen LogP contribution in [0.3, 0.4) is 0 Å². The summed E-state index contributed by atoms with van der Waals surface area (Å²) in [5.41, 5.74) is 1.70. The van der Waals surface area contributed by atoms with Gasteiger partial charge >= 0.3 is 0 Å². The number of carbonyl (C=O) groups is 1. The zero-order chi connectivity index (χ0) is 13.5. The summed E-state index contributed by atoms with van der Waals surface area (Å²) in [7, 11) is 0. The van der Waals surface area contributed by atoms with Crippen molar-refractivity contribution < 1.29 is 9.53 Å². The standard InChI is InChI=1S/C16H16NO2/c1-13-7-9-14(10-8-13)17-16(18)11-12-19-15-5-3-2-4-6-15/h2-10H,1,11-12H2,(H,17,18). The number of anilines is 1. The molecule has 1 radical (unpaired) electrons. The quantitative estimate of drug-likeness (QED) is 0.889. The summed E-state index contributed by atoms with van der Waals surface area (Å²) in [5, 5.41) is 2.81. The van der Waals surface area contributed by atoms with E-state index in [1.54, 1.807) is 0 Å². The van der Waals surface area contributed by atoms with E-state index in [0.29, 0.717) is 13.0 Å². The molecule has 2 rings (SSSR count). The van der Waals surface area contributed by atoms with E-state index >= 15 is 0 Å². The van der Waals surface area contributed by atoms with Crippen molar-refractivity contribution in [3.63, 3.8) is 0 Å². The van der Waals surface area contributed by atoms with Gasteiger partial charge in [-0.1, -0.05) is 30.3 Å². The molecule has 0 saturated heterocycles. The highest BCUT2D eigenvalue weighted by Crippen LogP contribution is 2.10. The van der Waals surface area contributed by atoms with Crippen LogP contribution in [0.2, 0.25) is 0 Å². The Labute approximate surface area is 113 Å². The molecule has 0 unspecified atom stereocenters. The lowest BCUT2D eigenvalue weighted by molar-refractivity contribution is -0.116. The van der Waals surface area contributed by atoms with Crippen LogP contribution in [0, 0.1) is 6.92 Å². The number of carbonyl (C=O) groups excluding carboxylic acids is 1. The lowest BCUT2D eigenvalue weighted by Gasteiger charge is -2.07. The summed E-state index contributed by atoms with van der Waals surface area (Å²) in [5.74, 6) is 0.712. The molecule has 0 heterocycles. The number of ether oxygens (including phenoxy) is 1. The number of amides is 1. The summed E-state index contributed by atoms with van der Waals surface area (Å²) >= 11 is 0. The van der Waals surface area contributed by atoms with Crippen LogP contribution in [0.1, 0.15) is 12.0 Å². The van der Waals surface area contributed by atoms with E-state index in [1.807, 2.05) is 54.6 Å². The van der Waals surface area contributed by atoms with Gasteiger partial charge in [-0.2, -0.15) is 0 Å². The number of rotatable bonds is 5. The smallest absolute Gasteiger partial charge is 0.227 e. The minimum atomic E-state index is -0.0623. The van der Waals surface area contributed by atoms with Gasteiger partial charge in [0.2, 0.25) is 5.91 Å². The van der Waals surface area contributed by atoms with Crippen molar-refractivity contribution >= 4 is 11.6 Å². The number of nitrogens with one attached hydrogen (secondary N) is 1. The lowest BCUT2D eigenvalue weighted by atomic mass is 10.2. The van der Waals surface area contributed by atoms with Gasteiger partial charge < -0.3 is 10.1 Å². The zero-order valence-corrected chi connectivity index (χ0v) is 10.6. The molecule has 1 N–H and O–H groups in total. The van der Waals surface area contributed by atoms with E-state index in [1.165, 1.54) is 0 Å². The highest BCUT2D eigenvalue weighted by molar-refractivity contribution is 5.90. The first-order valence-corrected chi connectivity index (χ1v) is 6.14. The molecule has 0 aromatic heterocycles. The van der Waals surface area contributed by atoms with Gasteiger partial charge in [-0.3, -0.25) is 4.79 Å². The van der Waals surface area contributed by atoms with Crippen LogP contribution < -0.4 is 10.1 Å². The van der Waals surface area contributed by atoms with Gasteiger partial charge in [0, 0.05) is 5.69 Å². The molecule has 3 heteroatoms. The lowest BCUT2D eigenvalue weighted by Crippen LogP contribution is -2.15. The first kappa shape index (κ1) is 13.1. The summed E-state index contributed by atoms with van der Waals surface area (Å²) in [6.07, 6.45) is 0.320. The summed E-state index contributed by atoms with van der Waals surface area (Å²) in [6.45, 7) is 4.16. The van der Waals surface area contributed by atoms with Gasteiger partial charge in [-0.25, -0.2) is 0 Å². The molecule has 0 saturated carbocycles. The van der Waals surface area contributed by atoms with Crippen LogP contribution in [0.5, 0.6) is 5.75 Å². The maximum atomic E-state index is 11.7. The Hall–Kier alpha value is -2.29. The molecule has 0 spiro atoms. The third-order valence-electron chi connectivity index (χ3n) is 2.58. The maximum Gasteiger partial charge on any atom is 0.227 e. The highest BCUT2D eigenvalue weighted by Gasteiger charge is 2.02. The fraction of sp³-hybridized carbons (Fsp3) is 0.125. The van der Waals surface area contributed by atoms with Gasteiger partial charge in [-0.15, -0.1) is 0 Å². The largest absolute Gasteiger partial charge is 0.493 e. The minimum absolute atomic E-state index is 0.0623. The Morgan fingerprint density at radius 1 is 1.05 bits per heavy atom. The van der Waals surface area contributed by atoms with Crippen LogP contribution in [0.25, 0.3) is 0 Å². The predicted octanol–water partition coefficient (Wildman–Crippen LogP) is 3.28. The third-order valence-corrected chi connectivity index (χ3v) is 2.58. The second kappa shape index (κ2) is 6.59. The van der Waals surface area contributed by atoms with E-state index in [-0.39, 0.29) is 5.91 Å². The van der Waals surface area contributed by atoms with Crippen molar-refractivity contribution in [3.05, 3.63) is 67.1 Å². The molecule has 0 atom stereocenters. The second-order valence-electron chi connectivity index (χ2n) is 4.16. The Kier molecular flexibility index (Phi) is 4.56. The number of benzene rings is 2. The van der Waals surface area contributed by atoms with Gasteiger partial charge in [0.25, 0.3) is 0 Å². The summed E-state index contributed by atoms with van der Waals surface area (Å²) < 4.78 is 5.46. The van der Waals surface area contributed by atoms with E-state index in [2.05, 4.69) is 12.2 Å². The molecule has 0 fully saturated rings. The van der Waals surface area contributed by atoms with Crippen molar-refractivity contribution in [2.24, 2.45) is 0 Å².